The summed E-state index contributed by atoms with van der Waals surface area (Å²) in [6.45, 7) is 4.77. The third kappa shape index (κ3) is 2.94. The van der Waals surface area contributed by atoms with Crippen LogP contribution in [0, 0.1) is 0 Å². The summed E-state index contributed by atoms with van der Waals surface area (Å²) < 4.78 is 5.62. The van der Waals surface area contributed by atoms with E-state index in [9.17, 15) is 0 Å². The van der Waals surface area contributed by atoms with Crippen molar-refractivity contribution in [3.05, 3.63) is 30.1 Å². The van der Waals surface area contributed by atoms with E-state index in [2.05, 4.69) is 22.9 Å². The lowest BCUT2D eigenvalue weighted by atomic mass is 10.1. The SMILES string of the molecule is CC1COC(CCl)CN1Cc1cccnc1. The molecule has 88 valence electrons. The van der Waals surface area contributed by atoms with Crippen LogP contribution in [0.3, 0.4) is 0 Å². The lowest BCUT2D eigenvalue weighted by molar-refractivity contribution is -0.0511. The van der Waals surface area contributed by atoms with Gasteiger partial charge in [-0.05, 0) is 18.6 Å². The van der Waals surface area contributed by atoms with Crippen LogP contribution in [0.1, 0.15) is 12.5 Å². The molecule has 0 bridgehead atoms. The summed E-state index contributed by atoms with van der Waals surface area (Å²) in [7, 11) is 0. The average Bonchev–Trinajstić information content (AvgIpc) is 2.33. The van der Waals surface area contributed by atoms with Gasteiger partial charge in [-0.15, -0.1) is 11.6 Å². The number of morpholine rings is 1. The molecule has 16 heavy (non-hydrogen) atoms. The maximum atomic E-state index is 5.83. The van der Waals surface area contributed by atoms with Crippen molar-refractivity contribution in [3.63, 3.8) is 0 Å². The molecule has 0 aromatic carbocycles. The summed E-state index contributed by atoms with van der Waals surface area (Å²) >= 11 is 5.83. The standard InChI is InChI=1S/C12H17ClN2O/c1-10-9-16-12(5-13)8-15(10)7-11-3-2-4-14-6-11/h2-4,6,10,12H,5,7-9H2,1H3. The molecule has 2 atom stereocenters. The summed E-state index contributed by atoms with van der Waals surface area (Å²) in [5, 5.41) is 0. The Morgan fingerprint density at radius 1 is 1.62 bits per heavy atom. The summed E-state index contributed by atoms with van der Waals surface area (Å²) in [4.78, 5) is 6.53. The lowest BCUT2D eigenvalue weighted by Crippen LogP contribution is -2.48. The van der Waals surface area contributed by atoms with Gasteiger partial charge in [0, 0.05) is 37.4 Å². The van der Waals surface area contributed by atoms with Gasteiger partial charge in [0.05, 0.1) is 12.7 Å². The molecular weight excluding hydrogens is 224 g/mol. The Morgan fingerprint density at radius 3 is 3.19 bits per heavy atom. The minimum atomic E-state index is 0.162. The van der Waals surface area contributed by atoms with Gasteiger partial charge in [-0.3, -0.25) is 9.88 Å². The Bertz CT molecular complexity index is 320. The summed E-state index contributed by atoms with van der Waals surface area (Å²) in [6, 6.07) is 4.52. The minimum absolute atomic E-state index is 0.162. The van der Waals surface area contributed by atoms with Gasteiger partial charge in [-0.1, -0.05) is 6.07 Å². The first kappa shape index (κ1) is 11.8. The number of nitrogens with zero attached hydrogens (tertiary/aromatic N) is 2. The molecule has 0 spiro atoms. The summed E-state index contributed by atoms with van der Waals surface area (Å²) in [5.41, 5.74) is 1.24. The van der Waals surface area contributed by atoms with Crippen LogP contribution in [0.2, 0.25) is 0 Å². The largest absolute Gasteiger partial charge is 0.374 e. The molecule has 3 nitrogen and oxygen atoms in total. The van der Waals surface area contributed by atoms with Gasteiger partial charge in [0.1, 0.15) is 0 Å². The zero-order valence-electron chi connectivity index (χ0n) is 9.47. The highest BCUT2D eigenvalue weighted by atomic mass is 35.5. The molecule has 1 aromatic rings. The van der Waals surface area contributed by atoms with E-state index in [1.807, 2.05) is 12.3 Å². The van der Waals surface area contributed by atoms with Crippen molar-refractivity contribution in [3.8, 4) is 0 Å². The van der Waals surface area contributed by atoms with E-state index in [-0.39, 0.29) is 6.10 Å². The van der Waals surface area contributed by atoms with Gasteiger partial charge >= 0.3 is 0 Å². The highest BCUT2D eigenvalue weighted by molar-refractivity contribution is 6.18. The molecule has 0 saturated carbocycles. The smallest absolute Gasteiger partial charge is 0.0838 e. The summed E-state index contributed by atoms with van der Waals surface area (Å²) in [6.07, 6.45) is 3.88. The number of rotatable bonds is 3. The number of alkyl halides is 1. The zero-order chi connectivity index (χ0) is 11.4. The van der Waals surface area contributed by atoms with E-state index in [1.54, 1.807) is 6.20 Å². The van der Waals surface area contributed by atoms with Crippen LogP contribution in [0.15, 0.2) is 24.5 Å². The van der Waals surface area contributed by atoms with E-state index in [4.69, 9.17) is 16.3 Å². The molecule has 2 heterocycles. The molecule has 0 N–H and O–H groups in total. The molecule has 1 aliphatic rings. The lowest BCUT2D eigenvalue weighted by Gasteiger charge is -2.37. The second-order valence-electron chi connectivity index (χ2n) is 4.25. The first-order valence-corrected chi connectivity index (χ1v) is 6.13. The van der Waals surface area contributed by atoms with Crippen LogP contribution in [0.25, 0.3) is 0 Å². The van der Waals surface area contributed by atoms with Crippen molar-refractivity contribution in [1.29, 1.82) is 0 Å². The van der Waals surface area contributed by atoms with Gasteiger partial charge in [0.2, 0.25) is 0 Å². The maximum absolute atomic E-state index is 5.83. The van der Waals surface area contributed by atoms with Crippen molar-refractivity contribution >= 4 is 11.6 Å². The highest BCUT2D eigenvalue weighted by Gasteiger charge is 2.25. The maximum Gasteiger partial charge on any atom is 0.0838 e. The number of aromatic nitrogens is 1. The number of ether oxygens (including phenoxy) is 1. The van der Waals surface area contributed by atoms with Crippen LogP contribution in [-0.2, 0) is 11.3 Å². The number of hydrogen-bond acceptors (Lipinski definition) is 3. The minimum Gasteiger partial charge on any atom is -0.374 e. The van der Waals surface area contributed by atoms with Crippen molar-refractivity contribution in [2.75, 3.05) is 19.0 Å². The van der Waals surface area contributed by atoms with Crippen molar-refractivity contribution < 1.29 is 4.74 Å². The Kier molecular flexibility index (Phi) is 4.16. The van der Waals surface area contributed by atoms with E-state index in [0.717, 1.165) is 19.7 Å². The fraction of sp³-hybridized carbons (Fsp3) is 0.583. The molecule has 1 saturated heterocycles. The van der Waals surface area contributed by atoms with Crippen LogP contribution >= 0.6 is 11.6 Å². The van der Waals surface area contributed by atoms with Crippen molar-refractivity contribution in [2.24, 2.45) is 0 Å². The number of hydrogen-bond donors (Lipinski definition) is 0. The molecule has 0 aliphatic carbocycles. The Hall–Kier alpha value is -0.640. The third-order valence-electron chi connectivity index (χ3n) is 2.92. The van der Waals surface area contributed by atoms with Gasteiger partial charge < -0.3 is 4.74 Å². The molecule has 2 unspecified atom stereocenters. The first-order chi connectivity index (χ1) is 7.79. The molecule has 4 heteroatoms. The van der Waals surface area contributed by atoms with Gasteiger partial charge in [-0.2, -0.15) is 0 Å². The molecule has 1 aromatic heterocycles. The van der Waals surface area contributed by atoms with Crippen LogP contribution < -0.4 is 0 Å². The molecule has 0 amide bonds. The first-order valence-electron chi connectivity index (χ1n) is 5.60. The third-order valence-corrected chi connectivity index (χ3v) is 3.26. The second-order valence-corrected chi connectivity index (χ2v) is 4.56. The van der Waals surface area contributed by atoms with Crippen LogP contribution in [-0.4, -0.2) is 41.1 Å². The van der Waals surface area contributed by atoms with E-state index >= 15 is 0 Å². The summed E-state index contributed by atoms with van der Waals surface area (Å²) in [5.74, 6) is 0.566. The van der Waals surface area contributed by atoms with Gasteiger partial charge in [0.25, 0.3) is 0 Å². The van der Waals surface area contributed by atoms with Crippen LogP contribution in [0.4, 0.5) is 0 Å². The molecular formula is C12H17ClN2O. The quantitative estimate of drug-likeness (QED) is 0.755. The van der Waals surface area contributed by atoms with E-state index < -0.39 is 0 Å². The van der Waals surface area contributed by atoms with Crippen molar-refractivity contribution in [2.45, 2.75) is 25.6 Å². The normalized spacial score (nSPS) is 26.9. The molecule has 1 fully saturated rings. The average molecular weight is 241 g/mol. The Labute approximate surface area is 101 Å². The molecule has 0 radical (unpaired) electrons. The topological polar surface area (TPSA) is 25.4 Å². The fourth-order valence-corrected chi connectivity index (χ4v) is 2.10. The number of halogens is 1. The molecule has 2 rings (SSSR count). The van der Waals surface area contributed by atoms with Gasteiger partial charge in [-0.25, -0.2) is 0 Å². The van der Waals surface area contributed by atoms with Crippen LogP contribution in [0.5, 0.6) is 0 Å². The van der Waals surface area contributed by atoms with E-state index in [1.165, 1.54) is 5.56 Å². The Morgan fingerprint density at radius 2 is 2.50 bits per heavy atom. The molecule has 1 aliphatic heterocycles. The highest BCUT2D eigenvalue weighted by Crippen LogP contribution is 2.15. The van der Waals surface area contributed by atoms with Crippen molar-refractivity contribution in [1.82, 2.24) is 9.88 Å². The second kappa shape index (κ2) is 5.62. The van der Waals surface area contributed by atoms with E-state index in [0.29, 0.717) is 11.9 Å². The fourth-order valence-electron chi connectivity index (χ4n) is 1.91. The number of pyridine rings is 1. The monoisotopic (exact) mass is 240 g/mol. The Balaban J connectivity index is 1.97. The predicted molar refractivity (Wildman–Crippen MR) is 64.6 cm³/mol. The predicted octanol–water partition coefficient (Wildman–Crippen LogP) is 1.91. The zero-order valence-corrected chi connectivity index (χ0v) is 10.2. The van der Waals surface area contributed by atoms with Gasteiger partial charge in [0.15, 0.2) is 0 Å².